The first-order chi connectivity index (χ1) is 11.2. The zero-order valence-corrected chi connectivity index (χ0v) is 12.4. The summed E-state index contributed by atoms with van der Waals surface area (Å²) >= 11 is 0. The molecule has 114 valence electrons. The quantitative estimate of drug-likeness (QED) is 0.800. The van der Waals surface area contributed by atoms with Crippen LogP contribution in [0.2, 0.25) is 0 Å². The maximum Gasteiger partial charge on any atom is 0.275 e. The molecule has 2 aromatic heterocycles. The Morgan fingerprint density at radius 3 is 2.48 bits per heavy atom. The average molecular weight is 306 g/mol. The first-order valence-corrected chi connectivity index (χ1v) is 6.99. The van der Waals surface area contributed by atoms with E-state index in [2.05, 4.69) is 20.3 Å². The summed E-state index contributed by atoms with van der Waals surface area (Å²) in [6.45, 7) is 2.01. The van der Waals surface area contributed by atoms with E-state index in [1.54, 1.807) is 12.1 Å². The van der Waals surface area contributed by atoms with Gasteiger partial charge in [-0.15, -0.1) is 0 Å². The zero-order chi connectivity index (χ0) is 16.1. The van der Waals surface area contributed by atoms with Crippen molar-refractivity contribution in [3.05, 3.63) is 72.4 Å². The Balaban J connectivity index is 1.65. The van der Waals surface area contributed by atoms with Gasteiger partial charge in [0.15, 0.2) is 0 Å². The number of benzene rings is 1. The van der Waals surface area contributed by atoms with Gasteiger partial charge < -0.3 is 10.1 Å². The van der Waals surface area contributed by atoms with E-state index in [0.29, 0.717) is 17.3 Å². The minimum Gasteiger partial charge on any atom is -0.439 e. The molecule has 0 atom stereocenters. The summed E-state index contributed by atoms with van der Waals surface area (Å²) < 4.78 is 5.63. The van der Waals surface area contributed by atoms with E-state index in [4.69, 9.17) is 4.74 Å². The lowest BCUT2D eigenvalue weighted by Gasteiger charge is -2.07. The van der Waals surface area contributed by atoms with Crippen molar-refractivity contribution >= 4 is 11.6 Å². The third-order valence-corrected chi connectivity index (χ3v) is 3.03. The molecule has 0 aliphatic rings. The summed E-state index contributed by atoms with van der Waals surface area (Å²) in [5.74, 6) is 0.818. The van der Waals surface area contributed by atoms with Crippen molar-refractivity contribution in [3.63, 3.8) is 0 Å². The second-order valence-electron chi connectivity index (χ2n) is 4.85. The molecule has 0 saturated heterocycles. The molecule has 6 nitrogen and oxygen atoms in total. The monoisotopic (exact) mass is 306 g/mol. The first kappa shape index (κ1) is 14.6. The smallest absolute Gasteiger partial charge is 0.275 e. The SMILES string of the molecule is Cc1ccc(Oc2ccc(NC(=O)c3cnccn3)cn2)cc1. The summed E-state index contributed by atoms with van der Waals surface area (Å²) in [6.07, 6.45) is 5.90. The van der Waals surface area contributed by atoms with E-state index in [9.17, 15) is 4.79 Å². The molecule has 0 spiro atoms. The van der Waals surface area contributed by atoms with E-state index >= 15 is 0 Å². The highest BCUT2D eigenvalue weighted by molar-refractivity contribution is 6.02. The third kappa shape index (κ3) is 3.88. The van der Waals surface area contributed by atoms with Crippen LogP contribution in [-0.2, 0) is 0 Å². The third-order valence-electron chi connectivity index (χ3n) is 3.03. The molecule has 3 aromatic rings. The summed E-state index contributed by atoms with van der Waals surface area (Å²) in [7, 11) is 0. The lowest BCUT2D eigenvalue weighted by atomic mass is 10.2. The van der Waals surface area contributed by atoms with Gasteiger partial charge in [0.2, 0.25) is 5.88 Å². The predicted molar refractivity (Wildman–Crippen MR) is 85.5 cm³/mol. The minimum absolute atomic E-state index is 0.243. The lowest BCUT2D eigenvalue weighted by Crippen LogP contribution is -2.13. The molecule has 0 fully saturated rings. The molecule has 0 bridgehead atoms. The van der Waals surface area contributed by atoms with E-state index in [1.807, 2.05) is 31.2 Å². The van der Waals surface area contributed by atoms with Crippen molar-refractivity contribution < 1.29 is 9.53 Å². The van der Waals surface area contributed by atoms with Gasteiger partial charge in [-0.05, 0) is 25.1 Å². The van der Waals surface area contributed by atoms with E-state index in [0.717, 1.165) is 5.56 Å². The van der Waals surface area contributed by atoms with Gasteiger partial charge in [-0.3, -0.25) is 9.78 Å². The number of anilines is 1. The standard InChI is InChI=1S/C17H14N4O2/c1-12-2-5-14(6-3-12)23-16-7-4-13(10-20-16)21-17(22)15-11-18-8-9-19-15/h2-11H,1H3,(H,21,22). The van der Waals surface area contributed by atoms with Crippen LogP contribution < -0.4 is 10.1 Å². The Morgan fingerprint density at radius 2 is 1.83 bits per heavy atom. The minimum atomic E-state index is -0.341. The van der Waals surface area contributed by atoms with Crippen LogP contribution in [0.5, 0.6) is 11.6 Å². The number of hydrogen-bond donors (Lipinski definition) is 1. The molecule has 0 aliphatic carbocycles. The number of aryl methyl sites for hydroxylation is 1. The molecule has 2 heterocycles. The van der Waals surface area contributed by atoms with Crippen molar-refractivity contribution in [2.45, 2.75) is 6.92 Å². The van der Waals surface area contributed by atoms with Gasteiger partial charge in [0.25, 0.3) is 5.91 Å². The van der Waals surface area contributed by atoms with Crippen molar-refractivity contribution in [1.82, 2.24) is 15.0 Å². The fraction of sp³-hybridized carbons (Fsp3) is 0.0588. The van der Waals surface area contributed by atoms with Crippen LogP contribution >= 0.6 is 0 Å². The van der Waals surface area contributed by atoms with Gasteiger partial charge in [-0.2, -0.15) is 0 Å². The number of nitrogens with one attached hydrogen (secondary N) is 1. The van der Waals surface area contributed by atoms with Crippen LogP contribution in [0.3, 0.4) is 0 Å². The average Bonchev–Trinajstić information content (AvgIpc) is 2.59. The Hall–Kier alpha value is -3.28. The number of rotatable bonds is 4. The number of hydrogen-bond acceptors (Lipinski definition) is 5. The fourth-order valence-corrected chi connectivity index (χ4v) is 1.85. The number of carbonyl (C=O) groups is 1. The number of nitrogens with zero attached hydrogens (tertiary/aromatic N) is 3. The fourth-order valence-electron chi connectivity index (χ4n) is 1.85. The molecular weight excluding hydrogens is 292 g/mol. The molecule has 0 unspecified atom stereocenters. The second-order valence-corrected chi connectivity index (χ2v) is 4.85. The summed E-state index contributed by atoms with van der Waals surface area (Å²) in [5, 5.41) is 2.70. The molecule has 3 rings (SSSR count). The van der Waals surface area contributed by atoms with Crippen LogP contribution in [-0.4, -0.2) is 20.9 Å². The number of ether oxygens (including phenoxy) is 1. The normalized spacial score (nSPS) is 10.1. The van der Waals surface area contributed by atoms with Gasteiger partial charge in [0.05, 0.1) is 18.1 Å². The summed E-state index contributed by atoms with van der Waals surface area (Å²) in [6, 6.07) is 11.1. The number of carbonyl (C=O) groups excluding carboxylic acids is 1. The van der Waals surface area contributed by atoms with Crippen molar-refractivity contribution in [1.29, 1.82) is 0 Å². The molecule has 0 saturated carbocycles. The Bertz CT molecular complexity index is 787. The van der Waals surface area contributed by atoms with Crippen LogP contribution in [0.1, 0.15) is 16.1 Å². The maximum atomic E-state index is 11.9. The van der Waals surface area contributed by atoms with Crippen LogP contribution in [0.4, 0.5) is 5.69 Å². The van der Waals surface area contributed by atoms with Gasteiger partial charge >= 0.3 is 0 Å². The Kier molecular flexibility index (Phi) is 4.24. The highest BCUT2D eigenvalue weighted by Gasteiger charge is 2.07. The molecule has 6 heteroatoms. The molecule has 1 amide bonds. The molecule has 1 aromatic carbocycles. The topological polar surface area (TPSA) is 77.0 Å². The highest BCUT2D eigenvalue weighted by Crippen LogP contribution is 2.20. The Morgan fingerprint density at radius 1 is 1.00 bits per heavy atom. The zero-order valence-electron chi connectivity index (χ0n) is 12.4. The van der Waals surface area contributed by atoms with Crippen LogP contribution in [0, 0.1) is 6.92 Å². The maximum absolute atomic E-state index is 11.9. The number of pyridine rings is 1. The predicted octanol–water partition coefficient (Wildman–Crippen LogP) is 3.22. The first-order valence-electron chi connectivity index (χ1n) is 6.99. The lowest BCUT2D eigenvalue weighted by molar-refractivity contribution is 0.102. The van der Waals surface area contributed by atoms with Crippen molar-refractivity contribution in [2.24, 2.45) is 0 Å². The number of amides is 1. The van der Waals surface area contributed by atoms with E-state index in [-0.39, 0.29) is 11.6 Å². The van der Waals surface area contributed by atoms with E-state index in [1.165, 1.54) is 24.8 Å². The summed E-state index contributed by atoms with van der Waals surface area (Å²) in [4.78, 5) is 23.9. The van der Waals surface area contributed by atoms with Gasteiger partial charge in [0, 0.05) is 18.5 Å². The van der Waals surface area contributed by atoms with Crippen LogP contribution in [0.15, 0.2) is 61.2 Å². The largest absolute Gasteiger partial charge is 0.439 e. The molecule has 0 aliphatic heterocycles. The highest BCUT2D eigenvalue weighted by atomic mass is 16.5. The van der Waals surface area contributed by atoms with E-state index < -0.39 is 0 Å². The van der Waals surface area contributed by atoms with Gasteiger partial charge in [-0.25, -0.2) is 9.97 Å². The van der Waals surface area contributed by atoms with Crippen LogP contribution in [0.25, 0.3) is 0 Å². The molecular formula is C17H14N4O2. The van der Waals surface area contributed by atoms with Gasteiger partial charge in [0.1, 0.15) is 11.4 Å². The molecule has 0 radical (unpaired) electrons. The van der Waals surface area contributed by atoms with Crippen molar-refractivity contribution in [3.8, 4) is 11.6 Å². The summed E-state index contributed by atoms with van der Waals surface area (Å²) in [5.41, 5.74) is 1.96. The molecule has 23 heavy (non-hydrogen) atoms. The Labute approximate surface area is 133 Å². The number of aromatic nitrogens is 3. The van der Waals surface area contributed by atoms with Gasteiger partial charge in [-0.1, -0.05) is 17.7 Å². The second kappa shape index (κ2) is 6.65. The van der Waals surface area contributed by atoms with Crippen molar-refractivity contribution in [2.75, 3.05) is 5.32 Å². The molecule has 1 N–H and O–H groups in total.